The van der Waals surface area contributed by atoms with Gasteiger partial charge in [0.1, 0.15) is 5.75 Å². The van der Waals surface area contributed by atoms with Gasteiger partial charge >= 0.3 is 0 Å². The molecule has 0 aromatic heterocycles. The number of nitrogens with two attached hydrogens (primary N) is 1. The van der Waals surface area contributed by atoms with Crippen molar-refractivity contribution in [2.24, 2.45) is 5.73 Å². The Labute approximate surface area is 90.0 Å². The largest absolute Gasteiger partial charge is 0.495 e. The third-order valence-electron chi connectivity index (χ3n) is 2.38. The summed E-state index contributed by atoms with van der Waals surface area (Å²) in [7, 11) is 1.64. The summed E-state index contributed by atoms with van der Waals surface area (Å²) in [5.74, 6) is 0.773. The van der Waals surface area contributed by atoms with Crippen LogP contribution >= 0.6 is 11.6 Å². The predicted molar refractivity (Wildman–Crippen MR) is 60.2 cm³/mol. The number of hydrogen-bond donors (Lipinski definition) is 1. The molecule has 0 fully saturated rings. The lowest BCUT2D eigenvalue weighted by atomic mass is 10.0. The summed E-state index contributed by atoms with van der Waals surface area (Å²) < 4.78 is 5.27. The van der Waals surface area contributed by atoms with E-state index in [9.17, 15) is 0 Å². The SMILES string of the molecule is COc1c(C)c(CCN)cc(C)c1Cl. The van der Waals surface area contributed by atoms with Crippen molar-refractivity contribution in [3.8, 4) is 5.75 Å². The molecule has 78 valence electrons. The zero-order valence-electron chi connectivity index (χ0n) is 8.86. The Balaban J connectivity index is 3.27. The first-order chi connectivity index (χ1) is 6.61. The highest BCUT2D eigenvalue weighted by atomic mass is 35.5. The molecule has 1 rings (SSSR count). The number of rotatable bonds is 3. The molecule has 0 bridgehead atoms. The Morgan fingerprint density at radius 1 is 1.43 bits per heavy atom. The number of methoxy groups -OCH3 is 1. The molecule has 0 saturated carbocycles. The van der Waals surface area contributed by atoms with E-state index in [-0.39, 0.29) is 0 Å². The van der Waals surface area contributed by atoms with Gasteiger partial charge in [-0.25, -0.2) is 0 Å². The Hall–Kier alpha value is -0.730. The van der Waals surface area contributed by atoms with Crippen molar-refractivity contribution in [2.75, 3.05) is 13.7 Å². The fourth-order valence-corrected chi connectivity index (χ4v) is 1.85. The average Bonchev–Trinajstić information content (AvgIpc) is 2.16. The molecule has 3 heteroatoms. The zero-order valence-corrected chi connectivity index (χ0v) is 9.61. The van der Waals surface area contributed by atoms with Gasteiger partial charge in [-0.2, -0.15) is 0 Å². The van der Waals surface area contributed by atoms with Gasteiger partial charge in [-0.05, 0) is 43.5 Å². The Morgan fingerprint density at radius 2 is 2.07 bits per heavy atom. The molecule has 0 unspecified atom stereocenters. The van der Waals surface area contributed by atoms with E-state index in [0.29, 0.717) is 11.6 Å². The number of hydrogen-bond acceptors (Lipinski definition) is 2. The molecule has 14 heavy (non-hydrogen) atoms. The second kappa shape index (κ2) is 4.67. The summed E-state index contributed by atoms with van der Waals surface area (Å²) in [6.45, 7) is 4.63. The van der Waals surface area contributed by atoms with Gasteiger partial charge in [0.2, 0.25) is 0 Å². The molecule has 1 aromatic carbocycles. The van der Waals surface area contributed by atoms with Crippen LogP contribution in [0.4, 0.5) is 0 Å². The van der Waals surface area contributed by atoms with E-state index < -0.39 is 0 Å². The van der Waals surface area contributed by atoms with Crippen LogP contribution < -0.4 is 10.5 Å². The molecular formula is C11H16ClNO. The first-order valence-corrected chi connectivity index (χ1v) is 5.02. The van der Waals surface area contributed by atoms with E-state index in [1.54, 1.807) is 7.11 Å². The van der Waals surface area contributed by atoms with Gasteiger partial charge in [0.25, 0.3) is 0 Å². The summed E-state index contributed by atoms with van der Waals surface area (Å²) in [6, 6.07) is 2.08. The van der Waals surface area contributed by atoms with Gasteiger partial charge in [0.05, 0.1) is 12.1 Å². The summed E-state index contributed by atoms with van der Waals surface area (Å²) >= 11 is 6.11. The summed E-state index contributed by atoms with van der Waals surface area (Å²) in [5, 5.41) is 0.700. The zero-order chi connectivity index (χ0) is 10.7. The molecule has 0 spiro atoms. The number of ether oxygens (including phenoxy) is 1. The van der Waals surface area contributed by atoms with Gasteiger partial charge in [-0.15, -0.1) is 0 Å². The van der Waals surface area contributed by atoms with Crippen LogP contribution in [0, 0.1) is 13.8 Å². The molecule has 0 amide bonds. The highest BCUT2D eigenvalue weighted by Crippen LogP contribution is 2.33. The second-order valence-corrected chi connectivity index (χ2v) is 3.74. The van der Waals surface area contributed by atoms with Crippen molar-refractivity contribution >= 4 is 11.6 Å². The molecule has 2 nitrogen and oxygen atoms in total. The molecule has 1 aromatic rings. The van der Waals surface area contributed by atoms with Gasteiger partial charge in [0, 0.05) is 0 Å². The van der Waals surface area contributed by atoms with Crippen LogP contribution in [-0.2, 0) is 6.42 Å². The third-order valence-corrected chi connectivity index (χ3v) is 2.85. The second-order valence-electron chi connectivity index (χ2n) is 3.36. The monoisotopic (exact) mass is 213 g/mol. The van der Waals surface area contributed by atoms with E-state index in [1.807, 2.05) is 13.8 Å². The molecular weight excluding hydrogens is 198 g/mol. The van der Waals surface area contributed by atoms with Crippen molar-refractivity contribution in [1.82, 2.24) is 0 Å². The molecule has 0 heterocycles. The Morgan fingerprint density at radius 3 is 2.57 bits per heavy atom. The highest BCUT2D eigenvalue weighted by Gasteiger charge is 2.11. The van der Waals surface area contributed by atoms with E-state index in [0.717, 1.165) is 23.3 Å². The molecule has 0 atom stereocenters. The maximum absolute atomic E-state index is 6.11. The Bertz CT molecular complexity index is 337. The lowest BCUT2D eigenvalue weighted by Gasteiger charge is -2.13. The van der Waals surface area contributed by atoms with Gasteiger partial charge < -0.3 is 10.5 Å². The quantitative estimate of drug-likeness (QED) is 0.837. The smallest absolute Gasteiger partial charge is 0.140 e. The molecule has 0 aliphatic heterocycles. The van der Waals surface area contributed by atoms with Crippen molar-refractivity contribution in [2.45, 2.75) is 20.3 Å². The van der Waals surface area contributed by atoms with E-state index in [1.165, 1.54) is 5.56 Å². The number of aryl methyl sites for hydroxylation is 1. The standard InChI is InChI=1S/C11H16ClNO/c1-7-6-9(4-5-13)8(2)11(14-3)10(7)12/h6H,4-5,13H2,1-3H3. The van der Waals surface area contributed by atoms with Crippen molar-refractivity contribution in [3.05, 3.63) is 27.8 Å². The topological polar surface area (TPSA) is 35.2 Å². The first-order valence-electron chi connectivity index (χ1n) is 4.64. The maximum atomic E-state index is 6.11. The number of benzene rings is 1. The minimum atomic E-state index is 0.644. The lowest BCUT2D eigenvalue weighted by molar-refractivity contribution is 0.411. The van der Waals surface area contributed by atoms with Crippen LogP contribution in [0.3, 0.4) is 0 Å². The number of halogens is 1. The van der Waals surface area contributed by atoms with Crippen LogP contribution in [0.5, 0.6) is 5.75 Å². The fourth-order valence-electron chi connectivity index (χ4n) is 1.58. The van der Waals surface area contributed by atoms with Crippen LogP contribution in [0.2, 0.25) is 5.02 Å². The van der Waals surface area contributed by atoms with Gasteiger partial charge in [0.15, 0.2) is 0 Å². The van der Waals surface area contributed by atoms with Crippen LogP contribution in [0.1, 0.15) is 16.7 Å². The first kappa shape index (κ1) is 11.3. The van der Waals surface area contributed by atoms with Crippen LogP contribution in [0.15, 0.2) is 6.07 Å². The summed E-state index contributed by atoms with van der Waals surface area (Å²) in [4.78, 5) is 0. The lowest BCUT2D eigenvalue weighted by Crippen LogP contribution is -2.05. The molecule has 2 N–H and O–H groups in total. The maximum Gasteiger partial charge on any atom is 0.140 e. The molecule has 0 radical (unpaired) electrons. The fraction of sp³-hybridized carbons (Fsp3) is 0.455. The van der Waals surface area contributed by atoms with Crippen molar-refractivity contribution in [3.63, 3.8) is 0 Å². The minimum Gasteiger partial charge on any atom is -0.495 e. The molecule has 0 saturated heterocycles. The minimum absolute atomic E-state index is 0.644. The molecule has 0 aliphatic carbocycles. The van der Waals surface area contributed by atoms with Gasteiger partial charge in [-0.1, -0.05) is 17.7 Å². The highest BCUT2D eigenvalue weighted by molar-refractivity contribution is 6.33. The predicted octanol–water partition coefficient (Wildman–Crippen LogP) is 2.47. The molecule has 0 aliphatic rings. The van der Waals surface area contributed by atoms with Crippen molar-refractivity contribution in [1.29, 1.82) is 0 Å². The van der Waals surface area contributed by atoms with Crippen LogP contribution in [0.25, 0.3) is 0 Å². The summed E-state index contributed by atoms with van der Waals surface area (Å²) in [6.07, 6.45) is 0.861. The Kier molecular flexibility index (Phi) is 3.78. The van der Waals surface area contributed by atoms with Gasteiger partial charge in [-0.3, -0.25) is 0 Å². The summed E-state index contributed by atoms with van der Waals surface area (Å²) in [5.41, 5.74) is 8.88. The normalized spacial score (nSPS) is 10.4. The average molecular weight is 214 g/mol. The van der Waals surface area contributed by atoms with E-state index >= 15 is 0 Å². The van der Waals surface area contributed by atoms with Crippen LogP contribution in [-0.4, -0.2) is 13.7 Å². The van der Waals surface area contributed by atoms with E-state index in [2.05, 4.69) is 6.07 Å². The van der Waals surface area contributed by atoms with Crippen molar-refractivity contribution < 1.29 is 4.74 Å². The van der Waals surface area contributed by atoms with E-state index in [4.69, 9.17) is 22.1 Å². The third kappa shape index (κ3) is 2.02.